The molecule has 3 heteroatoms. The van der Waals surface area contributed by atoms with Crippen LogP contribution in [0.5, 0.6) is 0 Å². The van der Waals surface area contributed by atoms with Crippen molar-refractivity contribution in [2.45, 2.75) is 72.3 Å². The minimum absolute atomic E-state index is 0.00505. The molecule has 0 N–H and O–H groups in total. The van der Waals surface area contributed by atoms with Crippen molar-refractivity contribution in [1.29, 1.82) is 0 Å². The lowest BCUT2D eigenvalue weighted by molar-refractivity contribution is -0.147. The van der Waals surface area contributed by atoms with Crippen LogP contribution in [0.2, 0.25) is 0 Å². The van der Waals surface area contributed by atoms with Crippen LogP contribution in [0.15, 0.2) is 0 Å². The lowest BCUT2D eigenvalue weighted by Gasteiger charge is -2.44. The number of carbonyl (C=O) groups excluding carboxylic acids is 1. The Kier molecular flexibility index (Phi) is 7.01. The van der Waals surface area contributed by atoms with Gasteiger partial charge in [0, 0.05) is 5.54 Å². The molecule has 1 rings (SSSR count). The standard InChI is InChI=1S/C17H33NO2/c1-6-20-16(19)13-17(11-14(2)3,12-15(4)5)18-9-7-8-10-18/h14-15H,6-13H2,1-5H3. The number of hydrogen-bond acceptors (Lipinski definition) is 3. The summed E-state index contributed by atoms with van der Waals surface area (Å²) < 4.78 is 5.25. The molecule has 0 unspecified atom stereocenters. The average Bonchev–Trinajstić information content (AvgIpc) is 2.80. The average molecular weight is 283 g/mol. The molecule has 1 aliphatic rings. The van der Waals surface area contributed by atoms with E-state index in [2.05, 4.69) is 32.6 Å². The van der Waals surface area contributed by atoms with E-state index >= 15 is 0 Å². The van der Waals surface area contributed by atoms with Gasteiger partial charge in [-0.2, -0.15) is 0 Å². The summed E-state index contributed by atoms with van der Waals surface area (Å²) in [5, 5.41) is 0. The molecule has 1 saturated heterocycles. The highest BCUT2D eigenvalue weighted by Crippen LogP contribution is 2.37. The molecule has 1 fully saturated rings. The van der Waals surface area contributed by atoms with Gasteiger partial charge in [0.25, 0.3) is 0 Å². The molecule has 0 aromatic rings. The molecule has 0 amide bonds. The molecule has 3 nitrogen and oxygen atoms in total. The smallest absolute Gasteiger partial charge is 0.307 e. The Morgan fingerprint density at radius 3 is 2.00 bits per heavy atom. The predicted octanol–water partition coefficient (Wildman–Crippen LogP) is 3.87. The van der Waals surface area contributed by atoms with Crippen molar-refractivity contribution in [3.05, 3.63) is 0 Å². The fourth-order valence-corrected chi connectivity index (χ4v) is 3.79. The van der Waals surface area contributed by atoms with Gasteiger partial charge in [-0.15, -0.1) is 0 Å². The Morgan fingerprint density at radius 1 is 1.10 bits per heavy atom. The van der Waals surface area contributed by atoms with Crippen LogP contribution in [-0.2, 0) is 9.53 Å². The van der Waals surface area contributed by atoms with E-state index in [4.69, 9.17) is 4.74 Å². The summed E-state index contributed by atoms with van der Waals surface area (Å²) in [5.41, 5.74) is 0.00505. The quantitative estimate of drug-likeness (QED) is 0.633. The van der Waals surface area contributed by atoms with Crippen molar-refractivity contribution in [3.63, 3.8) is 0 Å². The SMILES string of the molecule is CCOC(=O)CC(CC(C)C)(CC(C)C)N1CCCC1. The van der Waals surface area contributed by atoms with Crippen molar-refractivity contribution < 1.29 is 9.53 Å². The fourth-order valence-electron chi connectivity index (χ4n) is 3.79. The molecular formula is C17H33NO2. The van der Waals surface area contributed by atoms with E-state index in [-0.39, 0.29) is 11.5 Å². The Bertz CT molecular complexity index is 283. The first kappa shape index (κ1) is 17.5. The molecule has 20 heavy (non-hydrogen) atoms. The summed E-state index contributed by atoms with van der Waals surface area (Å²) in [6.07, 6.45) is 5.26. The molecule has 0 bridgehead atoms. The van der Waals surface area contributed by atoms with Crippen molar-refractivity contribution in [3.8, 4) is 0 Å². The van der Waals surface area contributed by atoms with Crippen molar-refractivity contribution in [1.82, 2.24) is 4.90 Å². The van der Waals surface area contributed by atoms with Crippen LogP contribution in [0.1, 0.15) is 66.7 Å². The topological polar surface area (TPSA) is 29.5 Å². The molecule has 0 saturated carbocycles. The number of nitrogens with zero attached hydrogens (tertiary/aromatic N) is 1. The van der Waals surface area contributed by atoms with Crippen LogP contribution in [0.4, 0.5) is 0 Å². The first-order valence-corrected chi connectivity index (χ1v) is 8.30. The van der Waals surface area contributed by atoms with Crippen LogP contribution in [0, 0.1) is 11.8 Å². The zero-order valence-corrected chi connectivity index (χ0v) is 14.1. The molecule has 0 atom stereocenters. The van der Waals surface area contributed by atoms with Gasteiger partial charge in [0.2, 0.25) is 0 Å². The third kappa shape index (κ3) is 5.08. The zero-order valence-electron chi connectivity index (χ0n) is 14.1. The fraction of sp³-hybridized carbons (Fsp3) is 0.941. The number of carbonyl (C=O) groups is 1. The first-order valence-electron chi connectivity index (χ1n) is 8.30. The van der Waals surface area contributed by atoms with Crippen LogP contribution in [-0.4, -0.2) is 36.1 Å². The highest BCUT2D eigenvalue weighted by atomic mass is 16.5. The number of ether oxygens (including phenoxy) is 1. The van der Waals surface area contributed by atoms with Crippen LogP contribution in [0.25, 0.3) is 0 Å². The second-order valence-corrected chi connectivity index (χ2v) is 7.10. The van der Waals surface area contributed by atoms with Crippen molar-refractivity contribution in [2.75, 3.05) is 19.7 Å². The van der Waals surface area contributed by atoms with Crippen LogP contribution in [0.3, 0.4) is 0 Å². The molecule has 0 aliphatic carbocycles. The van der Waals surface area contributed by atoms with E-state index in [1.807, 2.05) is 6.92 Å². The van der Waals surface area contributed by atoms with E-state index < -0.39 is 0 Å². The predicted molar refractivity (Wildman–Crippen MR) is 83.7 cm³/mol. The molecular weight excluding hydrogens is 250 g/mol. The summed E-state index contributed by atoms with van der Waals surface area (Å²) in [4.78, 5) is 14.7. The maximum atomic E-state index is 12.1. The number of likely N-dealkylation sites (tertiary alicyclic amines) is 1. The zero-order chi connectivity index (χ0) is 15.2. The first-order chi connectivity index (χ1) is 9.39. The van der Waals surface area contributed by atoms with E-state index in [9.17, 15) is 4.79 Å². The Balaban J connectivity index is 2.93. The maximum Gasteiger partial charge on any atom is 0.307 e. The normalized spacial score (nSPS) is 17.1. The van der Waals surface area contributed by atoms with E-state index in [0.717, 1.165) is 25.9 Å². The molecule has 0 aromatic carbocycles. The molecule has 0 aromatic heterocycles. The maximum absolute atomic E-state index is 12.1. The number of esters is 1. The van der Waals surface area contributed by atoms with Crippen LogP contribution >= 0.6 is 0 Å². The highest BCUT2D eigenvalue weighted by molar-refractivity contribution is 5.71. The second-order valence-electron chi connectivity index (χ2n) is 7.10. The molecule has 118 valence electrons. The number of rotatable bonds is 8. The third-order valence-electron chi connectivity index (χ3n) is 4.13. The Morgan fingerprint density at radius 2 is 1.60 bits per heavy atom. The summed E-state index contributed by atoms with van der Waals surface area (Å²) >= 11 is 0. The van der Waals surface area contributed by atoms with Gasteiger partial charge in [0.05, 0.1) is 13.0 Å². The molecule has 1 heterocycles. The minimum atomic E-state index is -0.0271. The van der Waals surface area contributed by atoms with Crippen molar-refractivity contribution >= 4 is 5.97 Å². The van der Waals surface area contributed by atoms with E-state index in [1.54, 1.807) is 0 Å². The summed E-state index contributed by atoms with van der Waals surface area (Å²) in [5.74, 6) is 1.17. The van der Waals surface area contributed by atoms with Crippen LogP contribution < -0.4 is 0 Å². The lowest BCUT2D eigenvalue weighted by Crippen LogP contribution is -2.50. The van der Waals surface area contributed by atoms with Gasteiger partial charge < -0.3 is 4.74 Å². The van der Waals surface area contributed by atoms with Gasteiger partial charge in [-0.1, -0.05) is 27.7 Å². The lowest BCUT2D eigenvalue weighted by atomic mass is 9.78. The van der Waals surface area contributed by atoms with Gasteiger partial charge in [-0.05, 0) is 57.5 Å². The largest absolute Gasteiger partial charge is 0.466 e. The Labute approximate surface area is 125 Å². The minimum Gasteiger partial charge on any atom is -0.466 e. The monoisotopic (exact) mass is 283 g/mol. The van der Waals surface area contributed by atoms with Gasteiger partial charge in [-0.25, -0.2) is 0 Å². The summed E-state index contributed by atoms with van der Waals surface area (Å²) in [6.45, 7) is 13.7. The van der Waals surface area contributed by atoms with Gasteiger partial charge in [0.1, 0.15) is 0 Å². The van der Waals surface area contributed by atoms with Crippen molar-refractivity contribution in [2.24, 2.45) is 11.8 Å². The molecule has 1 aliphatic heterocycles. The highest BCUT2D eigenvalue weighted by Gasteiger charge is 2.41. The summed E-state index contributed by atoms with van der Waals surface area (Å²) in [6, 6.07) is 0. The number of hydrogen-bond donors (Lipinski definition) is 0. The second kappa shape index (κ2) is 8.02. The molecule has 0 spiro atoms. The Hall–Kier alpha value is -0.570. The molecule has 0 radical (unpaired) electrons. The van der Waals surface area contributed by atoms with E-state index in [0.29, 0.717) is 24.9 Å². The third-order valence-corrected chi connectivity index (χ3v) is 4.13. The van der Waals surface area contributed by atoms with Gasteiger partial charge in [-0.3, -0.25) is 9.69 Å². The van der Waals surface area contributed by atoms with Gasteiger partial charge >= 0.3 is 5.97 Å². The summed E-state index contributed by atoms with van der Waals surface area (Å²) in [7, 11) is 0. The van der Waals surface area contributed by atoms with Gasteiger partial charge in [0.15, 0.2) is 0 Å². The van der Waals surface area contributed by atoms with E-state index in [1.165, 1.54) is 12.8 Å².